The molecule has 1 aliphatic rings. The van der Waals surface area contributed by atoms with Gasteiger partial charge in [-0.15, -0.1) is 0 Å². The number of nitrogens with zero attached hydrogens (tertiary/aromatic N) is 1. The molecule has 2 heteroatoms. The average molecular weight is 198 g/mol. The Morgan fingerprint density at radius 2 is 2.00 bits per heavy atom. The molecule has 2 N–H and O–H groups in total. The van der Waals surface area contributed by atoms with Crippen molar-refractivity contribution in [1.82, 2.24) is 4.90 Å². The maximum atomic E-state index is 6.07. The van der Waals surface area contributed by atoms with E-state index in [-0.39, 0.29) is 5.54 Å². The maximum Gasteiger partial charge on any atom is 0.0226 e. The van der Waals surface area contributed by atoms with E-state index in [0.29, 0.717) is 0 Å². The summed E-state index contributed by atoms with van der Waals surface area (Å²) in [5.74, 6) is 0.897. The first-order valence-corrected chi connectivity index (χ1v) is 5.95. The van der Waals surface area contributed by atoms with Gasteiger partial charge in [0.15, 0.2) is 0 Å². The third-order valence-corrected chi connectivity index (χ3v) is 3.30. The molecular formula is C12H26N2. The lowest BCUT2D eigenvalue weighted by molar-refractivity contribution is 0.0957. The molecule has 2 atom stereocenters. The number of piperidine rings is 1. The molecule has 1 saturated heterocycles. The highest BCUT2D eigenvalue weighted by Crippen LogP contribution is 2.24. The third-order valence-electron chi connectivity index (χ3n) is 3.30. The second-order valence-corrected chi connectivity index (χ2v) is 5.62. The average Bonchev–Trinajstić information content (AvgIpc) is 2.06. The zero-order valence-electron chi connectivity index (χ0n) is 10.2. The molecule has 0 unspecified atom stereocenters. The Morgan fingerprint density at radius 1 is 1.36 bits per heavy atom. The van der Waals surface area contributed by atoms with Crippen LogP contribution in [0.3, 0.4) is 0 Å². The summed E-state index contributed by atoms with van der Waals surface area (Å²) in [5, 5.41) is 0. The van der Waals surface area contributed by atoms with Crippen LogP contribution in [0.15, 0.2) is 0 Å². The van der Waals surface area contributed by atoms with Gasteiger partial charge in [0.1, 0.15) is 0 Å². The van der Waals surface area contributed by atoms with Gasteiger partial charge >= 0.3 is 0 Å². The third kappa shape index (κ3) is 3.58. The van der Waals surface area contributed by atoms with Gasteiger partial charge in [-0.25, -0.2) is 0 Å². The summed E-state index contributed by atoms with van der Waals surface area (Å²) in [5.41, 5.74) is 6.02. The van der Waals surface area contributed by atoms with Crippen LogP contribution in [0.2, 0.25) is 0 Å². The SMILES string of the molecule is CC[C@@H]1CC[C@H](C)N(CC(C)(C)N)C1. The van der Waals surface area contributed by atoms with Crippen LogP contribution in [0.1, 0.15) is 47.0 Å². The molecule has 1 heterocycles. The summed E-state index contributed by atoms with van der Waals surface area (Å²) in [4.78, 5) is 2.57. The predicted molar refractivity (Wildman–Crippen MR) is 62.3 cm³/mol. The molecule has 0 radical (unpaired) electrons. The van der Waals surface area contributed by atoms with Crippen LogP contribution in [0.5, 0.6) is 0 Å². The van der Waals surface area contributed by atoms with Crippen LogP contribution in [-0.4, -0.2) is 29.6 Å². The maximum absolute atomic E-state index is 6.07. The van der Waals surface area contributed by atoms with Crippen molar-refractivity contribution in [2.24, 2.45) is 11.7 Å². The van der Waals surface area contributed by atoms with Crippen molar-refractivity contribution < 1.29 is 0 Å². The molecule has 84 valence electrons. The summed E-state index contributed by atoms with van der Waals surface area (Å²) in [6.45, 7) is 11.2. The second-order valence-electron chi connectivity index (χ2n) is 5.62. The molecule has 0 bridgehead atoms. The first-order valence-electron chi connectivity index (χ1n) is 5.95. The molecule has 0 spiro atoms. The Bertz CT molecular complexity index is 172. The standard InChI is InChI=1S/C12H26N2/c1-5-11-7-6-10(2)14(8-11)9-12(3,4)13/h10-11H,5-9,13H2,1-4H3/t10-,11+/m0/s1. The van der Waals surface area contributed by atoms with Crippen LogP contribution < -0.4 is 5.73 Å². The molecular weight excluding hydrogens is 172 g/mol. The summed E-state index contributed by atoms with van der Waals surface area (Å²) in [6, 6.07) is 0.723. The van der Waals surface area contributed by atoms with E-state index in [0.717, 1.165) is 18.5 Å². The lowest BCUT2D eigenvalue weighted by atomic mass is 9.90. The van der Waals surface area contributed by atoms with E-state index in [4.69, 9.17) is 5.73 Å². The molecule has 0 aromatic heterocycles. The highest BCUT2D eigenvalue weighted by molar-refractivity contribution is 4.84. The topological polar surface area (TPSA) is 29.3 Å². The van der Waals surface area contributed by atoms with E-state index in [1.807, 2.05) is 0 Å². The Kier molecular flexibility index (Phi) is 3.96. The molecule has 2 nitrogen and oxygen atoms in total. The lowest BCUT2D eigenvalue weighted by Gasteiger charge is -2.41. The van der Waals surface area contributed by atoms with Crippen molar-refractivity contribution >= 4 is 0 Å². The van der Waals surface area contributed by atoms with Crippen molar-refractivity contribution in [3.8, 4) is 0 Å². The van der Waals surface area contributed by atoms with Gasteiger partial charge in [-0.05, 0) is 39.5 Å². The molecule has 1 rings (SSSR count). The van der Waals surface area contributed by atoms with Gasteiger partial charge < -0.3 is 5.73 Å². The van der Waals surface area contributed by atoms with Gasteiger partial charge in [0, 0.05) is 24.7 Å². The normalized spacial score (nSPS) is 30.6. The van der Waals surface area contributed by atoms with Crippen LogP contribution in [-0.2, 0) is 0 Å². The Balaban J connectivity index is 2.48. The molecule has 0 aromatic carbocycles. The summed E-state index contributed by atoms with van der Waals surface area (Å²) in [6.07, 6.45) is 4.06. The van der Waals surface area contributed by atoms with E-state index >= 15 is 0 Å². The van der Waals surface area contributed by atoms with Crippen molar-refractivity contribution in [2.75, 3.05) is 13.1 Å². The minimum Gasteiger partial charge on any atom is -0.324 e. The number of hydrogen-bond donors (Lipinski definition) is 1. The number of likely N-dealkylation sites (tertiary alicyclic amines) is 1. The van der Waals surface area contributed by atoms with Gasteiger partial charge in [0.25, 0.3) is 0 Å². The zero-order chi connectivity index (χ0) is 10.8. The largest absolute Gasteiger partial charge is 0.324 e. The lowest BCUT2D eigenvalue weighted by Crippen LogP contribution is -2.51. The predicted octanol–water partition coefficient (Wildman–Crippen LogP) is 2.23. The molecule has 0 saturated carbocycles. The van der Waals surface area contributed by atoms with E-state index < -0.39 is 0 Å². The van der Waals surface area contributed by atoms with Gasteiger partial charge in [-0.2, -0.15) is 0 Å². The van der Waals surface area contributed by atoms with E-state index in [2.05, 4.69) is 32.6 Å². The molecule has 0 aromatic rings. The minimum atomic E-state index is -0.0517. The first-order chi connectivity index (χ1) is 6.42. The van der Waals surface area contributed by atoms with Crippen LogP contribution in [0.25, 0.3) is 0 Å². The van der Waals surface area contributed by atoms with Crippen LogP contribution in [0, 0.1) is 5.92 Å². The highest BCUT2D eigenvalue weighted by Gasteiger charge is 2.27. The van der Waals surface area contributed by atoms with Crippen molar-refractivity contribution in [3.63, 3.8) is 0 Å². The number of rotatable bonds is 3. The Labute approximate surface area is 88.8 Å². The number of nitrogens with two attached hydrogens (primary N) is 1. The molecule has 1 fully saturated rings. The minimum absolute atomic E-state index is 0.0517. The van der Waals surface area contributed by atoms with Crippen molar-refractivity contribution in [2.45, 2.75) is 58.5 Å². The first kappa shape index (κ1) is 12.0. The molecule has 0 amide bonds. The molecule has 1 aliphatic heterocycles. The summed E-state index contributed by atoms with van der Waals surface area (Å²) >= 11 is 0. The molecule has 0 aliphatic carbocycles. The fraction of sp³-hybridized carbons (Fsp3) is 1.00. The quantitative estimate of drug-likeness (QED) is 0.753. The van der Waals surface area contributed by atoms with Crippen molar-refractivity contribution in [3.05, 3.63) is 0 Å². The fourth-order valence-electron chi connectivity index (χ4n) is 2.34. The van der Waals surface area contributed by atoms with E-state index in [1.54, 1.807) is 0 Å². The fourth-order valence-corrected chi connectivity index (χ4v) is 2.34. The summed E-state index contributed by atoms with van der Waals surface area (Å²) in [7, 11) is 0. The Morgan fingerprint density at radius 3 is 2.50 bits per heavy atom. The van der Waals surface area contributed by atoms with E-state index in [9.17, 15) is 0 Å². The highest BCUT2D eigenvalue weighted by atomic mass is 15.2. The molecule has 14 heavy (non-hydrogen) atoms. The number of hydrogen-bond acceptors (Lipinski definition) is 2. The summed E-state index contributed by atoms with van der Waals surface area (Å²) < 4.78 is 0. The van der Waals surface area contributed by atoms with Gasteiger partial charge in [0.05, 0.1) is 0 Å². The van der Waals surface area contributed by atoms with Crippen molar-refractivity contribution in [1.29, 1.82) is 0 Å². The van der Waals surface area contributed by atoms with Crippen LogP contribution in [0.4, 0.5) is 0 Å². The zero-order valence-corrected chi connectivity index (χ0v) is 10.2. The van der Waals surface area contributed by atoms with Gasteiger partial charge in [-0.3, -0.25) is 4.90 Å². The smallest absolute Gasteiger partial charge is 0.0226 e. The van der Waals surface area contributed by atoms with Crippen LogP contribution >= 0.6 is 0 Å². The van der Waals surface area contributed by atoms with Gasteiger partial charge in [0.2, 0.25) is 0 Å². The monoisotopic (exact) mass is 198 g/mol. The second kappa shape index (κ2) is 4.63. The Hall–Kier alpha value is -0.0800. The van der Waals surface area contributed by atoms with Gasteiger partial charge in [-0.1, -0.05) is 13.3 Å². The van der Waals surface area contributed by atoms with E-state index in [1.165, 1.54) is 25.8 Å².